The van der Waals surface area contributed by atoms with Gasteiger partial charge in [-0.2, -0.15) is 0 Å². The summed E-state index contributed by atoms with van der Waals surface area (Å²) in [5.74, 6) is 0.233. The van der Waals surface area contributed by atoms with E-state index in [1.807, 2.05) is 0 Å². The number of rotatable bonds is 6. The van der Waals surface area contributed by atoms with Crippen molar-refractivity contribution in [3.05, 3.63) is 33.3 Å². The molecule has 0 saturated carbocycles. The molecule has 0 saturated heterocycles. The van der Waals surface area contributed by atoms with E-state index in [4.69, 9.17) is 23.2 Å². The SMILES string of the molecule is CCC(CC)C(Cl)CNC(=O)c1ccc(Br)cc1Cl. The number of nitrogens with one attached hydrogen (secondary N) is 1. The summed E-state index contributed by atoms with van der Waals surface area (Å²) in [6, 6.07) is 5.19. The van der Waals surface area contributed by atoms with Crippen molar-refractivity contribution in [2.75, 3.05) is 6.54 Å². The first-order valence-electron chi connectivity index (χ1n) is 6.36. The van der Waals surface area contributed by atoms with Gasteiger partial charge in [-0.15, -0.1) is 11.6 Å². The monoisotopic (exact) mass is 365 g/mol. The molecule has 1 rings (SSSR count). The first kappa shape index (κ1) is 16.8. The van der Waals surface area contributed by atoms with Gasteiger partial charge in [0.25, 0.3) is 5.91 Å². The van der Waals surface area contributed by atoms with Crippen LogP contribution in [0.25, 0.3) is 0 Å². The Hall–Kier alpha value is -0.250. The van der Waals surface area contributed by atoms with E-state index >= 15 is 0 Å². The summed E-state index contributed by atoms with van der Waals surface area (Å²) in [4.78, 5) is 12.0. The zero-order valence-electron chi connectivity index (χ0n) is 11.1. The number of amides is 1. The van der Waals surface area contributed by atoms with E-state index in [1.165, 1.54) is 0 Å². The number of benzene rings is 1. The molecule has 0 fully saturated rings. The molecule has 0 heterocycles. The zero-order chi connectivity index (χ0) is 14.4. The predicted molar refractivity (Wildman–Crippen MR) is 85.2 cm³/mol. The molecule has 0 aromatic heterocycles. The van der Waals surface area contributed by atoms with Gasteiger partial charge in [0.1, 0.15) is 0 Å². The van der Waals surface area contributed by atoms with Crippen molar-refractivity contribution >= 4 is 45.0 Å². The van der Waals surface area contributed by atoms with Gasteiger partial charge in [-0.05, 0) is 24.1 Å². The molecule has 19 heavy (non-hydrogen) atoms. The Labute approximate surface area is 133 Å². The van der Waals surface area contributed by atoms with Gasteiger partial charge in [-0.3, -0.25) is 4.79 Å². The maximum absolute atomic E-state index is 12.0. The van der Waals surface area contributed by atoms with Crippen molar-refractivity contribution in [2.45, 2.75) is 32.1 Å². The van der Waals surface area contributed by atoms with Crippen LogP contribution in [0.15, 0.2) is 22.7 Å². The molecule has 1 aromatic rings. The van der Waals surface area contributed by atoms with Crippen molar-refractivity contribution in [1.82, 2.24) is 5.32 Å². The maximum atomic E-state index is 12.0. The molecule has 0 aliphatic heterocycles. The van der Waals surface area contributed by atoms with Crippen LogP contribution in [-0.2, 0) is 0 Å². The summed E-state index contributed by atoms with van der Waals surface area (Å²) in [6.45, 7) is 4.67. The maximum Gasteiger partial charge on any atom is 0.252 e. The topological polar surface area (TPSA) is 29.1 Å². The van der Waals surface area contributed by atoms with E-state index in [9.17, 15) is 4.79 Å². The highest BCUT2D eigenvalue weighted by Crippen LogP contribution is 2.22. The summed E-state index contributed by atoms with van der Waals surface area (Å²) < 4.78 is 0.848. The molecule has 1 aromatic carbocycles. The Morgan fingerprint density at radius 2 is 2.00 bits per heavy atom. The molecular formula is C14H18BrCl2NO. The second kappa shape index (κ2) is 8.13. The molecule has 1 amide bonds. The van der Waals surface area contributed by atoms with Crippen LogP contribution in [-0.4, -0.2) is 17.8 Å². The minimum atomic E-state index is -0.186. The fraction of sp³-hybridized carbons (Fsp3) is 0.500. The van der Waals surface area contributed by atoms with Crippen LogP contribution in [0, 0.1) is 5.92 Å². The Morgan fingerprint density at radius 1 is 1.37 bits per heavy atom. The third kappa shape index (κ3) is 4.97. The van der Waals surface area contributed by atoms with Gasteiger partial charge in [0, 0.05) is 11.0 Å². The van der Waals surface area contributed by atoms with E-state index in [-0.39, 0.29) is 11.3 Å². The summed E-state index contributed by atoms with van der Waals surface area (Å²) in [7, 11) is 0. The van der Waals surface area contributed by atoms with E-state index in [1.54, 1.807) is 18.2 Å². The van der Waals surface area contributed by atoms with Crippen LogP contribution >= 0.6 is 39.1 Å². The largest absolute Gasteiger partial charge is 0.350 e. The van der Waals surface area contributed by atoms with Crippen LogP contribution in [0.3, 0.4) is 0 Å². The van der Waals surface area contributed by atoms with Crippen molar-refractivity contribution in [3.63, 3.8) is 0 Å². The van der Waals surface area contributed by atoms with Crippen molar-refractivity contribution in [3.8, 4) is 0 Å². The zero-order valence-corrected chi connectivity index (χ0v) is 14.1. The minimum Gasteiger partial charge on any atom is -0.350 e. The molecule has 106 valence electrons. The van der Waals surface area contributed by atoms with Gasteiger partial charge in [0.2, 0.25) is 0 Å². The van der Waals surface area contributed by atoms with Crippen LogP contribution in [0.4, 0.5) is 0 Å². The van der Waals surface area contributed by atoms with Crippen molar-refractivity contribution in [2.24, 2.45) is 5.92 Å². The molecule has 1 unspecified atom stereocenters. The molecular weight excluding hydrogens is 349 g/mol. The van der Waals surface area contributed by atoms with E-state index in [0.29, 0.717) is 23.0 Å². The lowest BCUT2D eigenvalue weighted by molar-refractivity contribution is 0.0951. The number of carbonyl (C=O) groups excluding carboxylic acids is 1. The first-order valence-corrected chi connectivity index (χ1v) is 7.97. The average molecular weight is 367 g/mol. The quantitative estimate of drug-likeness (QED) is 0.714. The highest BCUT2D eigenvalue weighted by Gasteiger charge is 2.17. The van der Waals surface area contributed by atoms with E-state index in [0.717, 1.165) is 17.3 Å². The lowest BCUT2D eigenvalue weighted by Gasteiger charge is -2.19. The molecule has 2 nitrogen and oxygen atoms in total. The Morgan fingerprint density at radius 3 is 2.53 bits per heavy atom. The Kier molecular flexibility index (Phi) is 7.19. The summed E-state index contributed by atoms with van der Waals surface area (Å²) >= 11 is 15.6. The highest BCUT2D eigenvalue weighted by atomic mass is 79.9. The van der Waals surface area contributed by atoms with Crippen LogP contribution in [0.5, 0.6) is 0 Å². The molecule has 0 aliphatic carbocycles. The fourth-order valence-corrected chi connectivity index (χ4v) is 3.12. The number of halogens is 3. The number of hydrogen-bond acceptors (Lipinski definition) is 1. The van der Waals surface area contributed by atoms with Gasteiger partial charge in [-0.1, -0.05) is 54.2 Å². The second-order valence-corrected chi connectivity index (χ2v) is 6.31. The number of alkyl halides is 1. The van der Waals surface area contributed by atoms with Gasteiger partial charge >= 0.3 is 0 Å². The fourth-order valence-electron chi connectivity index (χ4n) is 1.93. The third-order valence-electron chi connectivity index (χ3n) is 3.19. The molecule has 1 atom stereocenters. The van der Waals surface area contributed by atoms with Gasteiger partial charge in [0.15, 0.2) is 0 Å². The van der Waals surface area contributed by atoms with E-state index < -0.39 is 0 Å². The standard InChI is InChI=1S/C14H18BrCl2NO/c1-3-9(4-2)13(17)8-18-14(19)11-6-5-10(15)7-12(11)16/h5-7,9,13H,3-4,8H2,1-2H3,(H,18,19). The van der Waals surface area contributed by atoms with Crippen LogP contribution in [0.2, 0.25) is 5.02 Å². The van der Waals surface area contributed by atoms with E-state index in [2.05, 4.69) is 35.1 Å². The lowest BCUT2D eigenvalue weighted by Crippen LogP contribution is -2.33. The molecule has 0 radical (unpaired) electrons. The molecule has 0 bridgehead atoms. The molecule has 0 aliphatic rings. The Balaban J connectivity index is 2.60. The molecule has 0 spiro atoms. The summed E-state index contributed by atoms with van der Waals surface area (Å²) in [5, 5.41) is 3.22. The van der Waals surface area contributed by atoms with Gasteiger partial charge < -0.3 is 5.32 Å². The number of carbonyl (C=O) groups is 1. The smallest absolute Gasteiger partial charge is 0.252 e. The van der Waals surface area contributed by atoms with Gasteiger partial charge in [0.05, 0.1) is 16.0 Å². The number of hydrogen-bond donors (Lipinski definition) is 1. The summed E-state index contributed by atoms with van der Waals surface area (Å²) in [6.07, 6.45) is 2.03. The normalized spacial score (nSPS) is 12.5. The predicted octanol–water partition coefficient (Wildman–Crippen LogP) is 4.88. The molecule has 5 heteroatoms. The van der Waals surface area contributed by atoms with Crippen LogP contribution < -0.4 is 5.32 Å². The molecule has 1 N–H and O–H groups in total. The highest BCUT2D eigenvalue weighted by molar-refractivity contribution is 9.10. The summed E-state index contributed by atoms with van der Waals surface area (Å²) in [5.41, 5.74) is 0.471. The van der Waals surface area contributed by atoms with Crippen LogP contribution in [0.1, 0.15) is 37.0 Å². The third-order valence-corrected chi connectivity index (χ3v) is 4.51. The average Bonchev–Trinajstić information content (AvgIpc) is 2.37. The lowest BCUT2D eigenvalue weighted by atomic mass is 9.99. The van der Waals surface area contributed by atoms with Crippen molar-refractivity contribution < 1.29 is 4.79 Å². The van der Waals surface area contributed by atoms with Gasteiger partial charge in [-0.25, -0.2) is 0 Å². The minimum absolute atomic E-state index is 0.0480. The van der Waals surface area contributed by atoms with Crippen molar-refractivity contribution in [1.29, 1.82) is 0 Å². The Bertz CT molecular complexity index is 435. The first-order chi connectivity index (χ1) is 8.99. The second-order valence-electron chi connectivity index (χ2n) is 4.43.